The first-order valence-electron chi connectivity index (χ1n) is 43.5. The van der Waals surface area contributed by atoms with Gasteiger partial charge in [0.2, 0.25) is 17.7 Å². The highest BCUT2D eigenvalue weighted by Gasteiger charge is 2.62. The van der Waals surface area contributed by atoms with Gasteiger partial charge in [-0.15, -0.1) is 0 Å². The van der Waals surface area contributed by atoms with Crippen molar-refractivity contribution in [3.63, 3.8) is 0 Å². The van der Waals surface area contributed by atoms with Gasteiger partial charge in [-0.25, -0.2) is 8.98 Å². The summed E-state index contributed by atoms with van der Waals surface area (Å²) in [6.07, 6.45) is -28.8. The monoisotopic (exact) mass is 1770 g/mol. The first kappa shape index (κ1) is 106. The minimum absolute atomic E-state index is 0.131. The third kappa shape index (κ3) is 32.5. The van der Waals surface area contributed by atoms with Crippen molar-refractivity contribution >= 4 is 34.1 Å². The zero-order chi connectivity index (χ0) is 89.3. The summed E-state index contributed by atoms with van der Waals surface area (Å²) in [6.45, 7) is 3.50. The molecule has 0 spiro atoms. The molecule has 706 valence electrons. The predicted octanol–water partition coefficient (Wildman–Crippen LogP) is -0.946. The van der Waals surface area contributed by atoms with E-state index in [1.807, 2.05) is 6.08 Å². The Morgan fingerprint density at radius 3 is 1.45 bits per heavy atom. The van der Waals surface area contributed by atoms with Crippen LogP contribution in [0.15, 0.2) is 12.2 Å². The third-order valence-corrected chi connectivity index (χ3v) is 23.5. The van der Waals surface area contributed by atoms with Crippen molar-refractivity contribution in [1.29, 1.82) is 0 Å². The molecule has 0 aromatic carbocycles. The van der Waals surface area contributed by atoms with E-state index in [1.54, 1.807) is 0 Å². The lowest BCUT2D eigenvalue weighted by molar-refractivity contribution is -0.399. The lowest BCUT2D eigenvalue weighted by atomic mass is 9.87. The van der Waals surface area contributed by atoms with Crippen LogP contribution in [0.25, 0.3) is 0 Å². The molecule has 21 N–H and O–H groups in total. The molecule has 0 saturated carbocycles. The van der Waals surface area contributed by atoms with Crippen LogP contribution in [-0.2, 0) is 90.6 Å². The van der Waals surface area contributed by atoms with Crippen LogP contribution in [0.1, 0.15) is 234 Å². The van der Waals surface area contributed by atoms with Gasteiger partial charge in [-0.1, -0.05) is 187 Å². The van der Waals surface area contributed by atoms with Gasteiger partial charge >= 0.3 is 16.4 Å². The van der Waals surface area contributed by atoms with Crippen molar-refractivity contribution in [2.24, 2.45) is 0 Å². The molecule has 6 aliphatic heterocycles. The number of amides is 3. The fraction of sp³-hybridized carbons (Fsp3) is 0.925. The quantitative estimate of drug-likeness (QED) is 0.0198. The molecule has 6 rings (SSSR count). The number of aliphatic hydroxyl groups excluding tert-OH is 16. The molecule has 41 heteroatoms. The van der Waals surface area contributed by atoms with Crippen LogP contribution in [0.3, 0.4) is 0 Å². The second kappa shape index (κ2) is 54.0. The molecule has 0 radical (unpaired) electrons. The maximum atomic E-state index is 13.6. The van der Waals surface area contributed by atoms with E-state index < -0.39 is 269 Å². The lowest BCUT2D eigenvalue weighted by Crippen LogP contribution is -2.72. The number of aliphatic carboxylic acids is 1. The van der Waals surface area contributed by atoms with Crippen LogP contribution in [0, 0.1) is 0 Å². The first-order chi connectivity index (χ1) is 57.6. The van der Waals surface area contributed by atoms with Crippen molar-refractivity contribution in [3.8, 4) is 0 Å². The Morgan fingerprint density at radius 2 is 0.942 bits per heavy atom. The number of allylic oxidation sites excluding steroid dienone is 1. The van der Waals surface area contributed by atoms with Gasteiger partial charge in [0.05, 0.1) is 69.5 Å². The molecule has 40 nitrogen and oxygen atoms in total. The second-order valence-electron chi connectivity index (χ2n) is 32.8. The Balaban J connectivity index is 1.24. The summed E-state index contributed by atoms with van der Waals surface area (Å²) in [5, 5.41) is 201. The number of carbonyl (C=O) groups is 4. The van der Waals surface area contributed by atoms with E-state index in [-0.39, 0.29) is 18.7 Å². The Kier molecular flexibility index (Phi) is 47.4. The minimum Gasteiger partial charge on any atom is -0.477 e. The fourth-order valence-electron chi connectivity index (χ4n) is 16.0. The maximum absolute atomic E-state index is 13.6. The van der Waals surface area contributed by atoms with Crippen LogP contribution >= 0.6 is 0 Å². The third-order valence-electron chi connectivity index (χ3n) is 23.1. The molecular formula is C80H143N3O37S. The smallest absolute Gasteiger partial charge is 0.397 e. The molecule has 6 saturated heterocycles. The van der Waals surface area contributed by atoms with Crippen LogP contribution in [0.5, 0.6) is 0 Å². The summed E-state index contributed by atoms with van der Waals surface area (Å²) in [5.74, 6) is -7.65. The molecule has 6 heterocycles. The van der Waals surface area contributed by atoms with E-state index in [0.29, 0.717) is 12.8 Å². The Hall–Kier alpha value is -3.63. The Morgan fingerprint density at radius 1 is 0.496 bits per heavy atom. The fourth-order valence-corrected chi connectivity index (χ4v) is 16.3. The molecule has 3 amide bonds. The summed E-state index contributed by atoms with van der Waals surface area (Å²) in [6, 6.07) is -4.93. The topological polar surface area (TPSA) is 623 Å². The van der Waals surface area contributed by atoms with Gasteiger partial charge in [-0.3, -0.25) is 18.9 Å². The van der Waals surface area contributed by atoms with Gasteiger partial charge in [0.1, 0.15) is 128 Å². The highest BCUT2D eigenvalue weighted by atomic mass is 32.3. The molecule has 0 bridgehead atoms. The van der Waals surface area contributed by atoms with E-state index in [1.165, 1.54) is 123 Å². The maximum Gasteiger partial charge on any atom is 0.397 e. The van der Waals surface area contributed by atoms with E-state index in [2.05, 4.69) is 29.8 Å². The van der Waals surface area contributed by atoms with Gasteiger partial charge in [-0.05, 0) is 32.6 Å². The number of carboxylic acid groups (broad SMARTS) is 1. The largest absolute Gasteiger partial charge is 0.477 e. The van der Waals surface area contributed by atoms with Crippen LogP contribution < -0.4 is 16.0 Å². The first-order valence-corrected chi connectivity index (χ1v) is 44.9. The highest BCUT2D eigenvalue weighted by Crippen LogP contribution is 2.42. The average Bonchev–Trinajstić information content (AvgIpc) is 0.844. The zero-order valence-electron chi connectivity index (χ0n) is 70.6. The van der Waals surface area contributed by atoms with Gasteiger partial charge in [0.15, 0.2) is 31.5 Å². The Labute approximate surface area is 708 Å². The molecule has 121 heavy (non-hydrogen) atoms. The van der Waals surface area contributed by atoms with Crippen molar-refractivity contribution in [2.45, 2.75) is 436 Å². The standard InChI is InChI=1S/C80H143N3O37S/c1-7-10-12-14-16-18-20-22-23-25-27-29-31-33-35-37-55(92)83-47(49(90)36-34-32-30-28-26-24-21-19-17-15-13-11-8-2)42-108-75-65(100)63(98)68(53(41-86)113-75)115-77-66(101)72(60(95)51(39-84)111-77)118-74-57(82-46(6)88)71(117-76-64(99)62(97)58(93)44(4)110-76)69(54(114-74)43-109-121(105,106)107)116-78-67(102)73(61(96)52(40-85)112-78)120-80(79(103)104)38-50(91)56(81-45(5)87)70(119-80)59(94)48(89)9-3/h34,36,44,47-54,56-78,84-86,89-91,93-102H,7-33,35,37-43H2,1-6H3,(H,81,87)(H,82,88)(H,83,92)(H,103,104)(H,105,106,107)/b36-34+/t44-,47?,48+,49+,50-,51+,52+,53+,54+,56+,57+,58+,59+,60-,61-,62+,63+,64-,65+,66+,67+,68+,69+,70+,71+,72-,73-,74-,75+,76-,77-,78-,80-/m0/s1. The summed E-state index contributed by atoms with van der Waals surface area (Å²) in [7, 11) is -5.61. The Bertz CT molecular complexity index is 3090. The van der Waals surface area contributed by atoms with Gasteiger partial charge in [0, 0.05) is 26.7 Å². The van der Waals surface area contributed by atoms with Gasteiger partial charge in [-0.2, -0.15) is 8.42 Å². The lowest BCUT2D eigenvalue weighted by Gasteiger charge is -2.52. The summed E-state index contributed by atoms with van der Waals surface area (Å²) in [4.78, 5) is 53.1. The molecule has 0 aromatic heterocycles. The van der Waals surface area contributed by atoms with Crippen molar-refractivity contribution in [2.75, 3.05) is 33.0 Å². The number of hydrogen-bond donors (Lipinski definition) is 21. The molecule has 6 fully saturated rings. The number of nitrogens with one attached hydrogen (secondary N) is 3. The van der Waals surface area contributed by atoms with Crippen LogP contribution in [0.2, 0.25) is 0 Å². The molecule has 0 aliphatic carbocycles. The molecular weight excluding hydrogens is 1630 g/mol. The van der Waals surface area contributed by atoms with E-state index in [4.69, 9.17) is 61.0 Å². The van der Waals surface area contributed by atoms with Crippen LogP contribution in [-0.4, -0.2) is 358 Å². The summed E-state index contributed by atoms with van der Waals surface area (Å²) < 4.78 is 112. The number of carbonyl (C=O) groups excluding carboxylic acids is 3. The summed E-state index contributed by atoms with van der Waals surface area (Å²) in [5.41, 5.74) is 0. The number of ether oxygens (including phenoxy) is 12. The molecule has 1 unspecified atom stereocenters. The second-order valence-corrected chi connectivity index (χ2v) is 33.9. The number of unbranched alkanes of at least 4 members (excludes halogenated alkanes) is 25. The van der Waals surface area contributed by atoms with Crippen molar-refractivity contribution in [1.82, 2.24) is 16.0 Å². The number of aliphatic hydroxyl groups is 16. The van der Waals surface area contributed by atoms with E-state index in [9.17, 15) is 119 Å². The van der Waals surface area contributed by atoms with E-state index >= 15 is 0 Å². The summed E-state index contributed by atoms with van der Waals surface area (Å²) >= 11 is 0. The predicted molar refractivity (Wildman–Crippen MR) is 423 cm³/mol. The van der Waals surface area contributed by atoms with Gasteiger partial charge in [0.25, 0.3) is 5.79 Å². The number of hydrogen-bond acceptors (Lipinski definition) is 35. The van der Waals surface area contributed by atoms with Crippen molar-refractivity contribution < 1.29 is 180 Å². The number of rotatable bonds is 56. The average molecular weight is 1770 g/mol. The molecule has 6 aliphatic rings. The number of carboxylic acids is 1. The zero-order valence-corrected chi connectivity index (χ0v) is 71.4. The van der Waals surface area contributed by atoms with Crippen LogP contribution in [0.4, 0.5) is 0 Å². The normalized spacial score (nSPS) is 36.0. The minimum atomic E-state index is -5.61. The highest BCUT2D eigenvalue weighted by molar-refractivity contribution is 7.80. The van der Waals surface area contributed by atoms with Gasteiger partial charge < -0.3 is 160 Å². The van der Waals surface area contributed by atoms with E-state index in [0.717, 1.165) is 71.6 Å². The molecule has 0 aromatic rings. The SMILES string of the molecule is CCCCCCCCCCCCC/C=C/[C@@H](O)C(CO[C@@H]1O[C@H](CO)[C@@H](O[C@@H]2O[C@H](CO)[C@H](O)[C@H](O[C@@H]3O[C@H](COS(=O)(=O)O)[C@@H](O[C@@H]4O[C@H](CO)[C@H](O)[C@H](O[C@]5(C(=O)O)C[C@H](O)[C@@H](NC(C)=O)[C@H]([C@H](O)[C@H](O)CC)O5)[C@H]4O)[C@H](O[C@@H]4O[C@@H](C)[C@@H](O)[C@@H](O)[C@@H]4O)[C@H]3NC(C)=O)[C@H]2O)[C@H](O)[C@H]1O)NC(=O)CCCCCCCCCCCCCCCCC. The molecule has 33 atom stereocenters. The van der Waals surface area contributed by atoms with Crippen molar-refractivity contribution in [3.05, 3.63) is 12.2 Å².